The Morgan fingerprint density at radius 1 is 1.42 bits per heavy atom. The molecule has 1 aliphatic carbocycles. The minimum absolute atomic E-state index is 0.0394. The van der Waals surface area contributed by atoms with Gasteiger partial charge in [0.25, 0.3) is 0 Å². The molecule has 2 rings (SSSR count). The first-order chi connectivity index (χ1) is 9.00. The summed E-state index contributed by atoms with van der Waals surface area (Å²) in [6.45, 7) is 4.69. The molecule has 0 saturated heterocycles. The van der Waals surface area contributed by atoms with Gasteiger partial charge in [-0.25, -0.2) is 0 Å². The fraction of sp³-hybridized carbons (Fsp3) is 0.786. The van der Waals surface area contributed by atoms with Crippen LogP contribution in [0, 0.1) is 5.41 Å². The number of rotatable bonds is 5. The van der Waals surface area contributed by atoms with Crippen molar-refractivity contribution >= 4 is 5.78 Å². The second-order valence-electron chi connectivity index (χ2n) is 6.13. The van der Waals surface area contributed by atoms with Crippen LogP contribution >= 0.6 is 0 Å². The largest absolute Gasteiger partial charge is 0.377 e. The first-order valence-corrected chi connectivity index (χ1v) is 6.83. The molecule has 0 amide bonds. The average molecular weight is 266 g/mol. The van der Waals surface area contributed by atoms with Crippen LogP contribution in [0.15, 0.2) is 4.52 Å². The Bertz CT molecular complexity index is 430. The van der Waals surface area contributed by atoms with E-state index in [9.17, 15) is 4.79 Å². The van der Waals surface area contributed by atoms with Crippen LogP contribution in [0.1, 0.15) is 57.2 Å². The smallest absolute Gasteiger partial charge is 0.234 e. The molecule has 1 fully saturated rings. The molecular formula is C14H22N2O3. The van der Waals surface area contributed by atoms with Gasteiger partial charge in [0.1, 0.15) is 6.61 Å². The third kappa shape index (κ3) is 3.86. The van der Waals surface area contributed by atoms with E-state index in [-0.39, 0.29) is 18.8 Å². The summed E-state index contributed by atoms with van der Waals surface area (Å²) in [5, 5.41) is 4.02. The highest BCUT2D eigenvalue weighted by Gasteiger charge is 2.30. The third-order valence-electron chi connectivity index (χ3n) is 3.84. The van der Waals surface area contributed by atoms with Gasteiger partial charge < -0.3 is 9.26 Å². The Labute approximate surface area is 113 Å². The molecule has 19 heavy (non-hydrogen) atoms. The quantitative estimate of drug-likeness (QED) is 0.819. The molecule has 0 radical (unpaired) electrons. The second-order valence-corrected chi connectivity index (χ2v) is 6.13. The molecule has 1 aromatic heterocycles. The molecule has 1 heterocycles. The molecule has 0 bridgehead atoms. The normalized spacial score (nSPS) is 19.5. The molecule has 1 aromatic rings. The molecule has 0 aliphatic heterocycles. The number of nitrogens with zero attached hydrogens (tertiary/aromatic N) is 2. The van der Waals surface area contributed by atoms with Gasteiger partial charge >= 0.3 is 0 Å². The number of hydrogen-bond donors (Lipinski definition) is 0. The summed E-state index contributed by atoms with van der Waals surface area (Å²) < 4.78 is 9.93. The summed E-state index contributed by atoms with van der Waals surface area (Å²) in [6.07, 6.45) is 4.73. The SMILES string of the molecule is COCC(=O)Cc1nc(C2CCC(C)(C)CC2)no1. The van der Waals surface area contributed by atoms with E-state index in [0.717, 1.165) is 18.7 Å². The lowest BCUT2D eigenvalue weighted by molar-refractivity contribution is -0.122. The van der Waals surface area contributed by atoms with Crippen molar-refractivity contribution in [1.82, 2.24) is 10.1 Å². The van der Waals surface area contributed by atoms with E-state index < -0.39 is 0 Å². The van der Waals surface area contributed by atoms with Crippen LogP contribution in [0.5, 0.6) is 0 Å². The van der Waals surface area contributed by atoms with E-state index in [4.69, 9.17) is 9.26 Å². The number of carbonyl (C=O) groups excluding carboxylic acids is 1. The second kappa shape index (κ2) is 5.82. The Balaban J connectivity index is 1.92. The summed E-state index contributed by atoms with van der Waals surface area (Å²) in [5.41, 5.74) is 0.428. The summed E-state index contributed by atoms with van der Waals surface area (Å²) in [7, 11) is 1.50. The van der Waals surface area contributed by atoms with Crippen LogP contribution in [-0.2, 0) is 16.0 Å². The van der Waals surface area contributed by atoms with Crippen molar-refractivity contribution in [3.63, 3.8) is 0 Å². The van der Waals surface area contributed by atoms with Gasteiger partial charge in [-0.05, 0) is 31.1 Å². The molecule has 0 N–H and O–H groups in total. The number of methoxy groups -OCH3 is 1. The van der Waals surface area contributed by atoms with Crippen LogP contribution in [0.4, 0.5) is 0 Å². The van der Waals surface area contributed by atoms with E-state index >= 15 is 0 Å². The number of ketones is 1. The fourth-order valence-corrected chi connectivity index (χ4v) is 2.54. The first-order valence-electron chi connectivity index (χ1n) is 6.83. The monoisotopic (exact) mass is 266 g/mol. The minimum Gasteiger partial charge on any atom is -0.377 e. The molecule has 0 spiro atoms. The van der Waals surface area contributed by atoms with E-state index in [2.05, 4.69) is 24.0 Å². The molecule has 1 saturated carbocycles. The maximum absolute atomic E-state index is 11.4. The van der Waals surface area contributed by atoms with Gasteiger partial charge in [0.05, 0.1) is 6.42 Å². The van der Waals surface area contributed by atoms with Crippen LogP contribution in [0.25, 0.3) is 0 Å². The number of hydrogen-bond acceptors (Lipinski definition) is 5. The summed E-state index contributed by atoms with van der Waals surface area (Å²) in [6, 6.07) is 0. The van der Waals surface area contributed by atoms with Gasteiger partial charge in [0.15, 0.2) is 11.6 Å². The zero-order chi connectivity index (χ0) is 13.9. The van der Waals surface area contributed by atoms with Crippen LogP contribution < -0.4 is 0 Å². The van der Waals surface area contributed by atoms with Gasteiger partial charge in [0, 0.05) is 13.0 Å². The van der Waals surface area contributed by atoms with Crippen LogP contribution in [-0.4, -0.2) is 29.6 Å². The number of Topliss-reactive ketones (excluding diaryl/α,β-unsaturated/α-hetero) is 1. The topological polar surface area (TPSA) is 65.2 Å². The van der Waals surface area contributed by atoms with E-state index in [1.807, 2.05) is 0 Å². The minimum atomic E-state index is -0.0394. The number of aromatic nitrogens is 2. The van der Waals surface area contributed by atoms with Gasteiger partial charge in [-0.2, -0.15) is 4.98 Å². The van der Waals surface area contributed by atoms with Gasteiger partial charge in [0.2, 0.25) is 5.89 Å². The van der Waals surface area contributed by atoms with E-state index in [1.54, 1.807) is 0 Å². The van der Waals surface area contributed by atoms with Gasteiger partial charge in [-0.1, -0.05) is 19.0 Å². The maximum atomic E-state index is 11.4. The number of carbonyl (C=O) groups is 1. The average Bonchev–Trinajstić information content (AvgIpc) is 2.77. The van der Waals surface area contributed by atoms with Crippen LogP contribution in [0.3, 0.4) is 0 Å². The Kier molecular flexibility index (Phi) is 4.34. The number of ether oxygens (including phenoxy) is 1. The lowest BCUT2D eigenvalue weighted by Crippen LogP contribution is -2.20. The van der Waals surface area contributed by atoms with Crippen molar-refractivity contribution in [2.75, 3.05) is 13.7 Å². The van der Waals surface area contributed by atoms with Crippen molar-refractivity contribution < 1.29 is 14.1 Å². The van der Waals surface area contributed by atoms with Crippen molar-refractivity contribution in [2.45, 2.75) is 51.9 Å². The molecule has 1 aliphatic rings. The maximum Gasteiger partial charge on any atom is 0.234 e. The van der Waals surface area contributed by atoms with Gasteiger partial charge in [-0.3, -0.25) is 4.79 Å². The Hall–Kier alpha value is -1.23. The van der Waals surface area contributed by atoms with Gasteiger partial charge in [-0.15, -0.1) is 0 Å². The lowest BCUT2D eigenvalue weighted by atomic mass is 9.73. The predicted molar refractivity (Wildman–Crippen MR) is 69.9 cm³/mol. The lowest BCUT2D eigenvalue weighted by Gasteiger charge is -2.32. The highest BCUT2D eigenvalue weighted by atomic mass is 16.5. The zero-order valence-corrected chi connectivity index (χ0v) is 11.9. The van der Waals surface area contributed by atoms with Crippen LogP contribution in [0.2, 0.25) is 0 Å². The zero-order valence-electron chi connectivity index (χ0n) is 11.9. The van der Waals surface area contributed by atoms with E-state index in [0.29, 0.717) is 17.2 Å². The Morgan fingerprint density at radius 2 is 2.11 bits per heavy atom. The molecular weight excluding hydrogens is 244 g/mol. The highest BCUT2D eigenvalue weighted by molar-refractivity contribution is 5.81. The van der Waals surface area contributed by atoms with Crippen molar-refractivity contribution in [3.8, 4) is 0 Å². The highest BCUT2D eigenvalue weighted by Crippen LogP contribution is 2.41. The molecule has 106 valence electrons. The summed E-state index contributed by atoms with van der Waals surface area (Å²) in [4.78, 5) is 15.8. The summed E-state index contributed by atoms with van der Waals surface area (Å²) in [5.74, 6) is 1.50. The third-order valence-corrected chi connectivity index (χ3v) is 3.84. The molecule has 0 atom stereocenters. The first kappa shape index (κ1) is 14.2. The molecule has 0 aromatic carbocycles. The summed E-state index contributed by atoms with van der Waals surface area (Å²) >= 11 is 0. The molecule has 5 nitrogen and oxygen atoms in total. The molecule has 5 heteroatoms. The molecule has 0 unspecified atom stereocenters. The fourth-order valence-electron chi connectivity index (χ4n) is 2.54. The van der Waals surface area contributed by atoms with Crippen molar-refractivity contribution in [1.29, 1.82) is 0 Å². The Morgan fingerprint density at radius 3 is 2.74 bits per heavy atom. The van der Waals surface area contributed by atoms with Crippen molar-refractivity contribution in [3.05, 3.63) is 11.7 Å². The standard InChI is InChI=1S/C14H22N2O3/c1-14(2)6-4-10(5-7-14)13-15-12(19-16-13)8-11(17)9-18-3/h10H,4-9H2,1-3H3. The van der Waals surface area contributed by atoms with Crippen molar-refractivity contribution in [2.24, 2.45) is 5.41 Å². The van der Waals surface area contributed by atoms with E-state index in [1.165, 1.54) is 20.0 Å². The predicted octanol–water partition coefficient (Wildman–Crippen LogP) is 2.51.